The molecule has 2 aliphatic rings. The number of nitrogens with zero attached hydrogens (tertiary/aromatic N) is 3. The Labute approximate surface area is 150 Å². The second-order valence-electron chi connectivity index (χ2n) is 7.40. The maximum atomic E-state index is 5.40. The molecule has 2 atom stereocenters. The Balaban J connectivity index is 1.38. The molecule has 0 amide bonds. The van der Waals surface area contributed by atoms with E-state index >= 15 is 0 Å². The zero-order chi connectivity index (χ0) is 17.2. The number of ether oxygens (including phenoxy) is 1. The molecule has 1 fully saturated rings. The number of fused-ring (bicyclic) bond motifs is 1. The minimum Gasteiger partial charge on any atom is -0.497 e. The Hall–Kier alpha value is -2.01. The number of anilines is 1. The van der Waals surface area contributed by atoms with E-state index in [2.05, 4.69) is 39.7 Å². The van der Waals surface area contributed by atoms with Crippen LogP contribution < -0.4 is 15.0 Å². The van der Waals surface area contributed by atoms with Gasteiger partial charge < -0.3 is 15.0 Å². The third kappa shape index (κ3) is 3.66. The van der Waals surface area contributed by atoms with Gasteiger partial charge in [0.15, 0.2) is 0 Å². The fraction of sp³-hybridized carbons (Fsp3) is 0.550. The van der Waals surface area contributed by atoms with E-state index in [1.165, 1.54) is 36.1 Å². The van der Waals surface area contributed by atoms with Gasteiger partial charge in [0.05, 0.1) is 19.0 Å². The van der Waals surface area contributed by atoms with E-state index in [0.717, 1.165) is 31.7 Å². The molecule has 0 spiro atoms. The zero-order valence-electron chi connectivity index (χ0n) is 15.2. The number of hydrogen-bond donors (Lipinski definition) is 1. The van der Waals surface area contributed by atoms with E-state index in [9.17, 15) is 0 Å². The van der Waals surface area contributed by atoms with Crippen molar-refractivity contribution >= 4 is 5.69 Å². The highest BCUT2D eigenvalue weighted by molar-refractivity contribution is 5.43. The average molecular weight is 340 g/mol. The van der Waals surface area contributed by atoms with Gasteiger partial charge in [-0.3, -0.25) is 4.68 Å². The maximum Gasteiger partial charge on any atom is 0.119 e. The van der Waals surface area contributed by atoms with Gasteiger partial charge in [-0.05, 0) is 55.4 Å². The predicted molar refractivity (Wildman–Crippen MR) is 100 cm³/mol. The third-order valence-electron chi connectivity index (χ3n) is 5.59. The van der Waals surface area contributed by atoms with Crippen LogP contribution >= 0.6 is 0 Å². The number of methoxy groups -OCH3 is 1. The van der Waals surface area contributed by atoms with E-state index in [-0.39, 0.29) is 0 Å². The highest BCUT2D eigenvalue weighted by atomic mass is 16.5. The van der Waals surface area contributed by atoms with Crippen LogP contribution in [-0.2, 0) is 19.9 Å². The van der Waals surface area contributed by atoms with Crippen molar-refractivity contribution in [3.8, 4) is 5.75 Å². The van der Waals surface area contributed by atoms with Crippen molar-refractivity contribution < 1.29 is 4.74 Å². The van der Waals surface area contributed by atoms with Crippen molar-refractivity contribution in [1.29, 1.82) is 0 Å². The number of hydrogen-bond acceptors (Lipinski definition) is 4. The summed E-state index contributed by atoms with van der Waals surface area (Å²) in [4.78, 5) is 2.47. The predicted octanol–water partition coefficient (Wildman–Crippen LogP) is 2.54. The Morgan fingerprint density at radius 1 is 1.20 bits per heavy atom. The molecule has 2 aromatic rings. The van der Waals surface area contributed by atoms with Gasteiger partial charge in [-0.1, -0.05) is 6.07 Å². The fourth-order valence-electron chi connectivity index (χ4n) is 4.26. The van der Waals surface area contributed by atoms with Gasteiger partial charge in [-0.2, -0.15) is 5.10 Å². The first-order valence-electron chi connectivity index (χ1n) is 9.36. The second kappa shape index (κ2) is 7.08. The quantitative estimate of drug-likeness (QED) is 0.929. The number of rotatable bonds is 4. The van der Waals surface area contributed by atoms with Crippen molar-refractivity contribution in [3.63, 3.8) is 0 Å². The number of aromatic nitrogens is 2. The molecule has 0 bridgehead atoms. The number of benzene rings is 1. The summed E-state index contributed by atoms with van der Waals surface area (Å²) in [5, 5.41) is 8.25. The lowest BCUT2D eigenvalue weighted by atomic mass is 9.87. The summed E-state index contributed by atoms with van der Waals surface area (Å²) in [7, 11) is 3.73. The first kappa shape index (κ1) is 16.5. The fourth-order valence-corrected chi connectivity index (χ4v) is 4.26. The molecule has 1 aromatic carbocycles. The minimum atomic E-state index is 0.561. The van der Waals surface area contributed by atoms with Crippen LogP contribution in [0.2, 0.25) is 0 Å². The number of nitrogens with one attached hydrogen (secondary N) is 1. The minimum absolute atomic E-state index is 0.561. The smallest absolute Gasteiger partial charge is 0.119 e. The Morgan fingerprint density at radius 2 is 2.12 bits per heavy atom. The normalized spacial score (nSPS) is 23.4. The van der Waals surface area contributed by atoms with Gasteiger partial charge >= 0.3 is 0 Å². The van der Waals surface area contributed by atoms with Crippen molar-refractivity contribution in [2.75, 3.05) is 25.1 Å². The molecule has 1 saturated heterocycles. The zero-order valence-corrected chi connectivity index (χ0v) is 15.2. The Morgan fingerprint density at radius 3 is 2.92 bits per heavy atom. The lowest BCUT2D eigenvalue weighted by molar-refractivity contribution is 0.351. The van der Waals surface area contributed by atoms with E-state index in [0.29, 0.717) is 12.1 Å². The number of aryl methyl sites for hydroxylation is 2. The molecular weight excluding hydrogens is 312 g/mol. The first-order valence-corrected chi connectivity index (χ1v) is 9.36. The van der Waals surface area contributed by atoms with Crippen molar-refractivity contribution in [2.45, 2.75) is 44.2 Å². The van der Waals surface area contributed by atoms with Crippen LogP contribution in [0.4, 0.5) is 5.69 Å². The highest BCUT2D eigenvalue weighted by Gasteiger charge is 2.25. The molecule has 1 N–H and O–H groups in total. The molecule has 1 aliphatic heterocycles. The summed E-state index contributed by atoms with van der Waals surface area (Å²) in [6.07, 6.45) is 10.1. The molecule has 0 unspecified atom stereocenters. The first-order chi connectivity index (χ1) is 12.2. The molecule has 2 heterocycles. The average Bonchev–Trinajstić information content (AvgIpc) is 3.08. The molecule has 134 valence electrons. The summed E-state index contributed by atoms with van der Waals surface area (Å²) in [5.41, 5.74) is 4.18. The number of piperidine rings is 1. The molecule has 1 aromatic heterocycles. The van der Waals surface area contributed by atoms with Gasteiger partial charge in [0.1, 0.15) is 5.75 Å². The summed E-state index contributed by atoms with van der Waals surface area (Å²) < 4.78 is 7.28. The van der Waals surface area contributed by atoms with Crippen molar-refractivity contribution in [2.24, 2.45) is 7.05 Å². The molecular formula is C20H28N4O. The van der Waals surface area contributed by atoms with Gasteiger partial charge in [-0.15, -0.1) is 0 Å². The van der Waals surface area contributed by atoms with Crippen LogP contribution in [-0.4, -0.2) is 42.1 Å². The molecule has 0 radical (unpaired) electrons. The lowest BCUT2D eigenvalue weighted by Gasteiger charge is -2.37. The molecule has 25 heavy (non-hydrogen) atoms. The summed E-state index contributed by atoms with van der Waals surface area (Å²) >= 11 is 0. The molecule has 5 heteroatoms. The van der Waals surface area contributed by atoms with Crippen LogP contribution in [0.25, 0.3) is 0 Å². The van der Waals surface area contributed by atoms with Gasteiger partial charge in [0.25, 0.3) is 0 Å². The van der Waals surface area contributed by atoms with Crippen LogP contribution in [0, 0.1) is 0 Å². The molecule has 1 aliphatic carbocycles. The third-order valence-corrected chi connectivity index (χ3v) is 5.59. The van der Waals surface area contributed by atoms with Crippen molar-refractivity contribution in [3.05, 3.63) is 41.7 Å². The molecule has 5 nitrogen and oxygen atoms in total. The van der Waals surface area contributed by atoms with Crippen LogP contribution in [0.5, 0.6) is 5.75 Å². The van der Waals surface area contributed by atoms with Crippen LogP contribution in [0.3, 0.4) is 0 Å². The highest BCUT2D eigenvalue weighted by Crippen LogP contribution is 2.27. The van der Waals surface area contributed by atoms with Crippen molar-refractivity contribution in [1.82, 2.24) is 15.1 Å². The standard InChI is InChI=1S/C20H28N4O/c1-23-14-19(12-21-23)24-9-3-4-18(13-24)22-17-7-5-15-6-8-20(25-2)11-16(15)10-17/h6,8,11-12,14,17-18,22H,3-5,7,9-10,13H2,1-2H3/t17-,18-/m0/s1. The Kier molecular flexibility index (Phi) is 4.66. The van der Waals surface area contributed by atoms with Crippen LogP contribution in [0.1, 0.15) is 30.4 Å². The summed E-state index contributed by atoms with van der Waals surface area (Å²) in [6.45, 7) is 2.21. The Bertz CT molecular complexity index is 726. The second-order valence-corrected chi connectivity index (χ2v) is 7.40. The SMILES string of the molecule is COc1ccc2c(c1)C[C@@H](N[C@H]1CCCN(c3cnn(C)c3)C1)CC2. The van der Waals surface area contributed by atoms with E-state index in [1.54, 1.807) is 7.11 Å². The van der Waals surface area contributed by atoms with Gasteiger partial charge in [0, 0.05) is 38.4 Å². The van der Waals surface area contributed by atoms with Crippen LogP contribution in [0.15, 0.2) is 30.6 Å². The molecule has 0 saturated carbocycles. The van der Waals surface area contributed by atoms with Gasteiger partial charge in [0.2, 0.25) is 0 Å². The lowest BCUT2D eigenvalue weighted by Crippen LogP contribution is -2.50. The topological polar surface area (TPSA) is 42.3 Å². The molecule has 4 rings (SSSR count). The van der Waals surface area contributed by atoms with E-state index in [1.807, 2.05) is 17.9 Å². The summed E-state index contributed by atoms with van der Waals surface area (Å²) in [6, 6.07) is 7.66. The van der Waals surface area contributed by atoms with Gasteiger partial charge in [-0.25, -0.2) is 0 Å². The monoisotopic (exact) mass is 340 g/mol. The van der Waals surface area contributed by atoms with E-state index < -0.39 is 0 Å². The van der Waals surface area contributed by atoms with E-state index in [4.69, 9.17) is 4.74 Å². The largest absolute Gasteiger partial charge is 0.497 e. The maximum absolute atomic E-state index is 5.40. The summed E-state index contributed by atoms with van der Waals surface area (Å²) in [5.74, 6) is 0.972.